The molecule has 8 nitrogen and oxygen atoms in total. The fraction of sp³-hybridized carbons (Fsp3) is 0.111. The van der Waals surface area contributed by atoms with Gasteiger partial charge in [-0.3, -0.25) is 20.4 Å². The SMILES string of the molecule is CC(Oc1ccc2ccccc2c1)C(=O)NNC(=O)c1ccc(Cn2nnc3ccccc32)cc1. The summed E-state index contributed by atoms with van der Waals surface area (Å²) in [6, 6.07) is 28.4. The maximum Gasteiger partial charge on any atom is 0.279 e. The Bertz CT molecular complexity index is 1510. The van der Waals surface area contributed by atoms with Gasteiger partial charge in [0, 0.05) is 5.56 Å². The number of rotatable bonds is 6. The third-order valence-electron chi connectivity index (χ3n) is 5.67. The molecule has 5 aromatic rings. The number of carbonyl (C=O) groups excluding carboxylic acids is 2. The highest BCUT2D eigenvalue weighted by atomic mass is 16.5. The number of nitrogens with zero attached hydrogens (tertiary/aromatic N) is 3. The Hall–Kier alpha value is -4.72. The lowest BCUT2D eigenvalue weighted by atomic mass is 10.1. The van der Waals surface area contributed by atoms with Crippen LogP contribution in [0.25, 0.3) is 21.8 Å². The predicted octanol–water partition coefficient (Wildman–Crippen LogP) is 3.86. The van der Waals surface area contributed by atoms with Crippen LogP contribution in [0.2, 0.25) is 0 Å². The van der Waals surface area contributed by atoms with E-state index < -0.39 is 17.9 Å². The quantitative estimate of drug-likeness (QED) is 0.371. The molecule has 4 aromatic carbocycles. The lowest BCUT2D eigenvalue weighted by molar-refractivity contribution is -0.128. The van der Waals surface area contributed by atoms with Gasteiger partial charge in [0.15, 0.2) is 6.10 Å². The van der Waals surface area contributed by atoms with Crippen molar-refractivity contribution in [3.63, 3.8) is 0 Å². The Morgan fingerprint density at radius 2 is 1.63 bits per heavy atom. The van der Waals surface area contributed by atoms with E-state index in [0.717, 1.165) is 27.4 Å². The molecular formula is C27H23N5O3. The molecule has 0 saturated carbocycles. The summed E-state index contributed by atoms with van der Waals surface area (Å²) in [6.07, 6.45) is -0.795. The molecule has 0 aliphatic heterocycles. The molecule has 0 aliphatic carbocycles. The van der Waals surface area contributed by atoms with Gasteiger partial charge < -0.3 is 4.74 Å². The average molecular weight is 466 g/mol. The van der Waals surface area contributed by atoms with E-state index in [4.69, 9.17) is 4.74 Å². The van der Waals surface area contributed by atoms with E-state index in [1.54, 1.807) is 19.1 Å². The van der Waals surface area contributed by atoms with Crippen LogP contribution in [0.5, 0.6) is 5.75 Å². The Morgan fingerprint density at radius 3 is 2.46 bits per heavy atom. The molecule has 0 fully saturated rings. The molecule has 35 heavy (non-hydrogen) atoms. The normalized spacial score (nSPS) is 11.8. The van der Waals surface area contributed by atoms with Crippen molar-refractivity contribution in [1.82, 2.24) is 25.8 Å². The summed E-state index contributed by atoms with van der Waals surface area (Å²) in [5.41, 5.74) is 8.02. The molecule has 1 unspecified atom stereocenters. The van der Waals surface area contributed by atoms with Gasteiger partial charge in [0.25, 0.3) is 11.8 Å². The molecule has 1 aromatic heterocycles. The maximum atomic E-state index is 12.5. The summed E-state index contributed by atoms with van der Waals surface area (Å²) >= 11 is 0. The summed E-state index contributed by atoms with van der Waals surface area (Å²) in [6.45, 7) is 2.15. The lowest BCUT2D eigenvalue weighted by Crippen LogP contribution is -2.47. The Morgan fingerprint density at radius 1 is 0.886 bits per heavy atom. The topological polar surface area (TPSA) is 98.1 Å². The van der Waals surface area contributed by atoms with Gasteiger partial charge >= 0.3 is 0 Å². The number of fused-ring (bicyclic) bond motifs is 2. The van der Waals surface area contributed by atoms with Crippen LogP contribution in [-0.2, 0) is 11.3 Å². The number of carbonyl (C=O) groups is 2. The number of hydrazine groups is 1. The minimum atomic E-state index is -0.795. The average Bonchev–Trinajstić information content (AvgIpc) is 3.30. The van der Waals surface area contributed by atoms with E-state index in [1.165, 1.54) is 0 Å². The highest BCUT2D eigenvalue weighted by Crippen LogP contribution is 2.21. The predicted molar refractivity (Wildman–Crippen MR) is 133 cm³/mol. The van der Waals surface area contributed by atoms with E-state index in [1.807, 2.05) is 83.5 Å². The summed E-state index contributed by atoms with van der Waals surface area (Å²) < 4.78 is 7.55. The largest absolute Gasteiger partial charge is 0.481 e. The van der Waals surface area contributed by atoms with Crippen molar-refractivity contribution in [2.24, 2.45) is 0 Å². The zero-order valence-corrected chi connectivity index (χ0v) is 19.0. The fourth-order valence-corrected chi connectivity index (χ4v) is 3.76. The van der Waals surface area contributed by atoms with Crippen molar-refractivity contribution in [2.75, 3.05) is 0 Å². The molecule has 2 N–H and O–H groups in total. The Kier molecular flexibility index (Phi) is 6.09. The van der Waals surface area contributed by atoms with Crippen LogP contribution in [-0.4, -0.2) is 32.9 Å². The van der Waals surface area contributed by atoms with Crippen molar-refractivity contribution in [2.45, 2.75) is 19.6 Å². The van der Waals surface area contributed by atoms with E-state index >= 15 is 0 Å². The van der Waals surface area contributed by atoms with Crippen LogP contribution in [0.4, 0.5) is 0 Å². The van der Waals surface area contributed by atoms with Gasteiger partial charge in [0.05, 0.1) is 12.1 Å². The van der Waals surface area contributed by atoms with Gasteiger partial charge in [0.2, 0.25) is 0 Å². The van der Waals surface area contributed by atoms with Gasteiger partial charge in [0.1, 0.15) is 11.3 Å². The first-order valence-electron chi connectivity index (χ1n) is 11.2. The third kappa shape index (κ3) is 4.96. The van der Waals surface area contributed by atoms with Gasteiger partial charge in [-0.2, -0.15) is 0 Å². The summed E-state index contributed by atoms with van der Waals surface area (Å²) in [4.78, 5) is 24.9. The molecule has 0 aliphatic rings. The van der Waals surface area contributed by atoms with Crippen molar-refractivity contribution < 1.29 is 14.3 Å². The standard InChI is InChI=1S/C27H23N5O3/c1-18(35-23-15-14-20-6-2-3-7-22(20)16-23)26(33)29-30-27(34)21-12-10-19(11-13-21)17-32-25-9-5-4-8-24(25)28-31-32/h2-16,18H,17H2,1H3,(H,29,33)(H,30,34). The van der Waals surface area contributed by atoms with E-state index in [2.05, 4.69) is 21.2 Å². The first-order chi connectivity index (χ1) is 17.1. The number of nitrogens with one attached hydrogen (secondary N) is 2. The number of benzene rings is 4. The van der Waals surface area contributed by atoms with E-state index in [9.17, 15) is 9.59 Å². The van der Waals surface area contributed by atoms with Crippen molar-refractivity contribution in [3.8, 4) is 5.75 Å². The van der Waals surface area contributed by atoms with Crippen molar-refractivity contribution in [3.05, 3.63) is 102 Å². The highest BCUT2D eigenvalue weighted by Gasteiger charge is 2.16. The van der Waals surface area contributed by atoms with Crippen LogP contribution in [0.1, 0.15) is 22.8 Å². The van der Waals surface area contributed by atoms with Gasteiger partial charge in [-0.15, -0.1) is 5.10 Å². The van der Waals surface area contributed by atoms with Gasteiger partial charge in [-0.1, -0.05) is 59.8 Å². The van der Waals surface area contributed by atoms with Crippen molar-refractivity contribution >= 4 is 33.6 Å². The van der Waals surface area contributed by atoms with E-state index in [-0.39, 0.29) is 0 Å². The first-order valence-corrected chi connectivity index (χ1v) is 11.2. The first kappa shape index (κ1) is 22.1. The monoisotopic (exact) mass is 465 g/mol. The number of hydrogen-bond donors (Lipinski definition) is 2. The molecule has 0 radical (unpaired) electrons. The van der Waals surface area contributed by atoms with Crippen LogP contribution in [0.3, 0.4) is 0 Å². The molecular weight excluding hydrogens is 442 g/mol. The number of ether oxygens (including phenoxy) is 1. The molecule has 0 bridgehead atoms. The smallest absolute Gasteiger partial charge is 0.279 e. The summed E-state index contributed by atoms with van der Waals surface area (Å²) in [7, 11) is 0. The minimum Gasteiger partial charge on any atom is -0.481 e. The number of para-hydroxylation sites is 1. The molecule has 0 spiro atoms. The lowest BCUT2D eigenvalue weighted by Gasteiger charge is -2.15. The molecule has 1 atom stereocenters. The maximum absolute atomic E-state index is 12.5. The summed E-state index contributed by atoms with van der Waals surface area (Å²) in [5.74, 6) is -0.302. The molecule has 5 rings (SSSR count). The van der Waals surface area contributed by atoms with Gasteiger partial charge in [-0.25, -0.2) is 4.68 Å². The molecule has 174 valence electrons. The Balaban J connectivity index is 1.15. The second-order valence-corrected chi connectivity index (χ2v) is 8.15. The minimum absolute atomic E-state index is 0.417. The van der Waals surface area contributed by atoms with Gasteiger partial charge in [-0.05, 0) is 59.7 Å². The van der Waals surface area contributed by atoms with Crippen LogP contribution in [0.15, 0.2) is 91.0 Å². The number of hydrogen-bond acceptors (Lipinski definition) is 5. The van der Waals surface area contributed by atoms with Crippen LogP contribution >= 0.6 is 0 Å². The molecule has 8 heteroatoms. The second-order valence-electron chi connectivity index (χ2n) is 8.15. The van der Waals surface area contributed by atoms with Crippen molar-refractivity contribution in [1.29, 1.82) is 0 Å². The number of amides is 2. The molecule has 2 amide bonds. The Labute approximate surface area is 201 Å². The second kappa shape index (κ2) is 9.64. The zero-order chi connectivity index (χ0) is 24.2. The molecule has 1 heterocycles. The zero-order valence-electron chi connectivity index (χ0n) is 19.0. The summed E-state index contributed by atoms with van der Waals surface area (Å²) in [5, 5.41) is 10.4. The number of aromatic nitrogens is 3. The van der Waals surface area contributed by atoms with Crippen LogP contribution in [0, 0.1) is 0 Å². The third-order valence-corrected chi connectivity index (χ3v) is 5.67. The van der Waals surface area contributed by atoms with Crippen LogP contribution < -0.4 is 15.6 Å². The van der Waals surface area contributed by atoms with E-state index in [0.29, 0.717) is 17.9 Å². The molecule has 0 saturated heterocycles. The fourth-order valence-electron chi connectivity index (χ4n) is 3.76. The highest BCUT2D eigenvalue weighted by molar-refractivity contribution is 5.95.